The third kappa shape index (κ3) is 1.98. The van der Waals surface area contributed by atoms with Crippen molar-refractivity contribution in [1.29, 1.82) is 0 Å². The van der Waals surface area contributed by atoms with Crippen molar-refractivity contribution in [3.63, 3.8) is 0 Å². The second-order valence-electron chi connectivity index (χ2n) is 4.48. The summed E-state index contributed by atoms with van der Waals surface area (Å²) in [6.45, 7) is 0. The molecule has 1 aromatic heterocycles. The highest BCUT2D eigenvalue weighted by Gasteiger charge is 2.11. The summed E-state index contributed by atoms with van der Waals surface area (Å²) in [4.78, 5) is 24.9. The summed E-state index contributed by atoms with van der Waals surface area (Å²) >= 11 is 2.18. The van der Waals surface area contributed by atoms with E-state index in [0.717, 1.165) is 3.57 Å². The van der Waals surface area contributed by atoms with E-state index in [1.165, 1.54) is 9.13 Å². The Hall–Kier alpha value is -1.89. The molecule has 0 N–H and O–H groups in total. The molecule has 3 aromatic rings. The number of hydrogen-bond donors (Lipinski definition) is 0. The van der Waals surface area contributed by atoms with Gasteiger partial charge in [-0.05, 0) is 59.0 Å². The van der Waals surface area contributed by atoms with Gasteiger partial charge in [-0.15, -0.1) is 0 Å². The molecule has 3 rings (SSSR count). The van der Waals surface area contributed by atoms with Crippen molar-refractivity contribution in [2.45, 2.75) is 0 Å². The van der Waals surface area contributed by atoms with Gasteiger partial charge in [0.05, 0.1) is 16.6 Å². The van der Waals surface area contributed by atoms with Gasteiger partial charge in [0.15, 0.2) is 0 Å². The molecule has 2 aromatic carbocycles. The van der Waals surface area contributed by atoms with E-state index in [2.05, 4.69) is 22.6 Å². The van der Waals surface area contributed by atoms with Gasteiger partial charge in [0, 0.05) is 10.6 Å². The normalized spacial score (nSPS) is 10.9. The standard InChI is InChI=1S/C15H11IN2O2/c1-17-13-5-3-2-4-12(13)14(19)18(15(17)20)11-8-6-10(16)7-9-11/h2-9H,1H3. The Labute approximate surface area is 128 Å². The first-order valence-corrected chi connectivity index (χ1v) is 7.14. The molecule has 5 heteroatoms. The van der Waals surface area contributed by atoms with Crippen LogP contribution in [0, 0.1) is 3.57 Å². The van der Waals surface area contributed by atoms with Crippen LogP contribution in [0.2, 0.25) is 0 Å². The van der Waals surface area contributed by atoms with Crippen molar-refractivity contribution >= 4 is 33.5 Å². The molecule has 4 nitrogen and oxygen atoms in total. The molecule has 0 fully saturated rings. The van der Waals surface area contributed by atoms with Gasteiger partial charge in [-0.1, -0.05) is 12.1 Å². The van der Waals surface area contributed by atoms with Gasteiger partial charge in [-0.25, -0.2) is 9.36 Å². The molecule has 1 heterocycles. The summed E-state index contributed by atoms with van der Waals surface area (Å²) < 4.78 is 3.75. The van der Waals surface area contributed by atoms with Crippen LogP contribution in [0.3, 0.4) is 0 Å². The van der Waals surface area contributed by atoms with E-state index in [4.69, 9.17) is 0 Å². The maximum absolute atomic E-state index is 12.5. The van der Waals surface area contributed by atoms with Crippen LogP contribution in [0.5, 0.6) is 0 Å². The number of rotatable bonds is 1. The SMILES string of the molecule is Cn1c(=O)n(-c2ccc(I)cc2)c(=O)c2ccccc21. The quantitative estimate of drug-likeness (QED) is 0.610. The minimum Gasteiger partial charge on any atom is -0.296 e. The first-order chi connectivity index (χ1) is 9.59. The van der Waals surface area contributed by atoms with Crippen LogP contribution in [0.4, 0.5) is 0 Å². The van der Waals surface area contributed by atoms with Gasteiger partial charge < -0.3 is 0 Å². The molecule has 0 radical (unpaired) electrons. The van der Waals surface area contributed by atoms with Gasteiger partial charge in [-0.3, -0.25) is 9.36 Å². The lowest BCUT2D eigenvalue weighted by atomic mass is 10.2. The van der Waals surface area contributed by atoms with Crippen LogP contribution in [-0.4, -0.2) is 9.13 Å². The molecule has 100 valence electrons. The molecule has 0 aliphatic rings. The van der Waals surface area contributed by atoms with Crippen LogP contribution in [-0.2, 0) is 7.05 Å². The third-order valence-electron chi connectivity index (χ3n) is 3.26. The predicted molar refractivity (Wildman–Crippen MR) is 87.5 cm³/mol. The fraction of sp³-hybridized carbons (Fsp3) is 0.0667. The molecule has 0 bridgehead atoms. The molecule has 0 amide bonds. The molecule has 0 atom stereocenters. The number of benzene rings is 2. The molecule has 0 saturated carbocycles. The minimum absolute atomic E-state index is 0.287. The molecular formula is C15H11IN2O2. The zero-order valence-electron chi connectivity index (χ0n) is 10.7. The summed E-state index contributed by atoms with van der Waals surface area (Å²) in [5.41, 5.74) is 0.603. The largest absolute Gasteiger partial charge is 0.335 e. The number of fused-ring (bicyclic) bond motifs is 1. The maximum Gasteiger partial charge on any atom is 0.335 e. The van der Waals surface area contributed by atoms with Crippen molar-refractivity contribution < 1.29 is 0 Å². The number of nitrogens with zero attached hydrogens (tertiary/aromatic N) is 2. The highest BCUT2D eigenvalue weighted by Crippen LogP contribution is 2.11. The molecular weight excluding hydrogens is 367 g/mol. The lowest BCUT2D eigenvalue weighted by Crippen LogP contribution is -2.37. The summed E-state index contributed by atoms with van der Waals surface area (Å²) in [5.74, 6) is 0. The van der Waals surface area contributed by atoms with E-state index in [1.54, 1.807) is 37.4 Å². The molecule has 0 saturated heterocycles. The Morgan fingerprint density at radius 1 is 0.950 bits per heavy atom. The lowest BCUT2D eigenvalue weighted by Gasteiger charge is -2.10. The number of aromatic nitrogens is 2. The first-order valence-electron chi connectivity index (χ1n) is 6.06. The van der Waals surface area contributed by atoms with Gasteiger partial charge >= 0.3 is 5.69 Å². The van der Waals surface area contributed by atoms with Crippen LogP contribution in [0.25, 0.3) is 16.6 Å². The predicted octanol–water partition coefficient (Wildman–Crippen LogP) is 2.29. The molecule has 0 aliphatic heterocycles. The topological polar surface area (TPSA) is 44.0 Å². The van der Waals surface area contributed by atoms with Crippen LogP contribution in [0.15, 0.2) is 58.1 Å². The summed E-state index contributed by atoms with van der Waals surface area (Å²) in [5, 5.41) is 0.535. The zero-order chi connectivity index (χ0) is 14.3. The summed E-state index contributed by atoms with van der Waals surface area (Å²) in [7, 11) is 1.67. The number of para-hydroxylation sites is 1. The Kier molecular flexibility index (Phi) is 3.21. The highest BCUT2D eigenvalue weighted by molar-refractivity contribution is 14.1. The summed E-state index contributed by atoms with van der Waals surface area (Å²) in [6.07, 6.45) is 0. The monoisotopic (exact) mass is 378 g/mol. The van der Waals surface area contributed by atoms with Crippen LogP contribution < -0.4 is 11.2 Å². The fourth-order valence-electron chi connectivity index (χ4n) is 2.23. The lowest BCUT2D eigenvalue weighted by molar-refractivity contribution is 0.774. The van der Waals surface area contributed by atoms with Crippen molar-refractivity contribution in [1.82, 2.24) is 9.13 Å². The van der Waals surface area contributed by atoms with E-state index < -0.39 is 0 Å². The minimum atomic E-state index is -0.338. The molecule has 0 aliphatic carbocycles. The van der Waals surface area contributed by atoms with E-state index >= 15 is 0 Å². The Balaban J connectivity index is 2.45. The van der Waals surface area contributed by atoms with Crippen molar-refractivity contribution in [2.24, 2.45) is 7.05 Å². The van der Waals surface area contributed by atoms with E-state index in [0.29, 0.717) is 16.6 Å². The smallest absolute Gasteiger partial charge is 0.296 e. The van der Waals surface area contributed by atoms with E-state index in [-0.39, 0.29) is 11.2 Å². The number of halogens is 1. The van der Waals surface area contributed by atoms with Gasteiger partial charge in [0.25, 0.3) is 5.56 Å². The van der Waals surface area contributed by atoms with Gasteiger partial charge in [0.1, 0.15) is 0 Å². The number of aryl methyl sites for hydroxylation is 1. The Morgan fingerprint density at radius 3 is 2.30 bits per heavy atom. The van der Waals surface area contributed by atoms with Crippen LogP contribution in [0.1, 0.15) is 0 Å². The molecule has 0 unspecified atom stereocenters. The zero-order valence-corrected chi connectivity index (χ0v) is 12.9. The van der Waals surface area contributed by atoms with Crippen molar-refractivity contribution in [2.75, 3.05) is 0 Å². The Bertz CT molecular complexity index is 908. The highest BCUT2D eigenvalue weighted by atomic mass is 127. The van der Waals surface area contributed by atoms with Crippen LogP contribution >= 0.6 is 22.6 Å². The van der Waals surface area contributed by atoms with Gasteiger partial charge in [0.2, 0.25) is 0 Å². The second-order valence-corrected chi connectivity index (χ2v) is 5.72. The summed E-state index contributed by atoms with van der Waals surface area (Å²) in [6, 6.07) is 14.4. The van der Waals surface area contributed by atoms with E-state index in [9.17, 15) is 9.59 Å². The second kappa shape index (κ2) is 4.90. The number of hydrogen-bond acceptors (Lipinski definition) is 2. The average molecular weight is 378 g/mol. The molecule has 0 spiro atoms. The van der Waals surface area contributed by atoms with Gasteiger partial charge in [-0.2, -0.15) is 0 Å². The van der Waals surface area contributed by atoms with Crippen molar-refractivity contribution in [3.8, 4) is 5.69 Å². The maximum atomic E-state index is 12.5. The molecule has 20 heavy (non-hydrogen) atoms. The Morgan fingerprint density at radius 2 is 1.60 bits per heavy atom. The first kappa shape index (κ1) is 13.1. The third-order valence-corrected chi connectivity index (χ3v) is 3.98. The van der Waals surface area contributed by atoms with E-state index in [1.807, 2.05) is 18.2 Å². The fourth-order valence-corrected chi connectivity index (χ4v) is 2.58. The van der Waals surface area contributed by atoms with Crippen molar-refractivity contribution in [3.05, 3.63) is 72.9 Å². The average Bonchev–Trinajstić information content (AvgIpc) is 2.47.